The molecule has 3 rings (SSSR count). The molecule has 183 valence electrons. The number of allylic oxidation sites excluding steroid dienone is 2. The smallest absolute Gasteiger partial charge is 0.482 e. The molecule has 2 aromatic rings. The highest BCUT2D eigenvalue weighted by molar-refractivity contribution is 9.12. The minimum Gasteiger partial charge on any atom is -0.610 e. The van der Waals surface area contributed by atoms with Crippen LogP contribution < -0.4 is 0 Å². The van der Waals surface area contributed by atoms with Crippen molar-refractivity contribution < 1.29 is 35.3 Å². The van der Waals surface area contributed by atoms with Crippen LogP contribution in [0.25, 0.3) is 5.57 Å². The summed E-state index contributed by atoms with van der Waals surface area (Å²) in [7, 11) is 0. The molecule has 0 aromatic heterocycles. The first-order chi connectivity index (χ1) is 15.6. The van der Waals surface area contributed by atoms with Gasteiger partial charge in [0.1, 0.15) is 0 Å². The second kappa shape index (κ2) is 9.63. The van der Waals surface area contributed by atoms with Crippen molar-refractivity contribution in [3.8, 4) is 0 Å². The summed E-state index contributed by atoms with van der Waals surface area (Å²) >= 11 is 14.4. The zero-order valence-electron chi connectivity index (χ0n) is 16.2. The SMILES string of the molecule is [O-][S+](C1(c2ccccc2Cl)C=C(Br)[CH]C(Br)=C1c1ccccc1Cl)C(F)(F)C(F)(F)C(F)(F)F. The summed E-state index contributed by atoms with van der Waals surface area (Å²) in [6, 6.07) is 10.6. The molecule has 2 atom stereocenters. The average Bonchev–Trinajstić information content (AvgIpc) is 2.73. The second-order valence-corrected chi connectivity index (χ2v) is 11.2. The van der Waals surface area contributed by atoms with Crippen molar-refractivity contribution in [1.82, 2.24) is 0 Å². The van der Waals surface area contributed by atoms with Gasteiger partial charge in [0, 0.05) is 53.3 Å². The van der Waals surface area contributed by atoms with Gasteiger partial charge in [0.2, 0.25) is 4.75 Å². The predicted molar refractivity (Wildman–Crippen MR) is 126 cm³/mol. The Bertz CT molecular complexity index is 1170. The van der Waals surface area contributed by atoms with Crippen LogP contribution >= 0.6 is 55.1 Å². The molecule has 0 amide bonds. The van der Waals surface area contributed by atoms with E-state index in [4.69, 9.17) is 23.2 Å². The maximum Gasteiger partial charge on any atom is 0.482 e. The Labute approximate surface area is 219 Å². The predicted octanol–water partition coefficient (Wildman–Crippen LogP) is 9.03. The largest absolute Gasteiger partial charge is 0.610 e. The quantitative estimate of drug-likeness (QED) is 0.230. The Balaban J connectivity index is 2.48. The van der Waals surface area contributed by atoms with Crippen LogP contribution in [0.3, 0.4) is 0 Å². The summed E-state index contributed by atoms with van der Waals surface area (Å²) in [5.74, 6) is -6.64. The Hall–Kier alpha value is -0.720. The Kier molecular flexibility index (Phi) is 7.89. The number of halogens is 11. The van der Waals surface area contributed by atoms with Crippen molar-refractivity contribution >= 4 is 71.8 Å². The van der Waals surface area contributed by atoms with E-state index < -0.39 is 38.8 Å². The highest BCUT2D eigenvalue weighted by atomic mass is 79.9. The van der Waals surface area contributed by atoms with Crippen molar-refractivity contribution in [3.05, 3.63) is 91.2 Å². The van der Waals surface area contributed by atoms with E-state index in [0.29, 0.717) is 0 Å². The standard InChI is InChI=1S/C21H10Br2Cl2F7OS/c22-11-9-14(23)17(12-5-1-3-7-15(12)24)18(10-11,13-6-2-4-8-16(13)25)34(33)21(31,32)19(26,27)20(28,29)30/h1-10H. The zero-order valence-corrected chi connectivity index (χ0v) is 21.7. The van der Waals surface area contributed by atoms with Gasteiger partial charge < -0.3 is 4.55 Å². The third kappa shape index (κ3) is 4.45. The average molecular weight is 674 g/mol. The summed E-state index contributed by atoms with van der Waals surface area (Å²) in [6.07, 6.45) is -4.51. The lowest BCUT2D eigenvalue weighted by Crippen LogP contribution is -2.60. The maximum atomic E-state index is 15.0. The van der Waals surface area contributed by atoms with Crippen molar-refractivity contribution in [2.45, 2.75) is 22.1 Å². The lowest BCUT2D eigenvalue weighted by atomic mass is 9.82. The number of benzene rings is 2. The molecule has 1 radical (unpaired) electrons. The first-order valence-electron chi connectivity index (χ1n) is 8.96. The zero-order chi connectivity index (χ0) is 25.7. The summed E-state index contributed by atoms with van der Waals surface area (Å²) in [5.41, 5.74) is -0.780. The van der Waals surface area contributed by atoms with E-state index in [1.165, 1.54) is 48.9 Å². The number of hydrogen-bond acceptors (Lipinski definition) is 1. The molecular weight excluding hydrogens is 664 g/mol. The summed E-state index contributed by atoms with van der Waals surface area (Å²) in [5, 5.41) is -6.45. The fourth-order valence-electron chi connectivity index (χ4n) is 3.38. The molecule has 0 spiro atoms. The van der Waals surface area contributed by atoms with Crippen LogP contribution in [0.1, 0.15) is 11.1 Å². The van der Waals surface area contributed by atoms with Crippen LogP contribution in [-0.2, 0) is 15.9 Å². The second-order valence-electron chi connectivity index (χ2n) is 6.95. The first-order valence-corrected chi connectivity index (χ1v) is 12.5. The molecule has 34 heavy (non-hydrogen) atoms. The first kappa shape index (κ1) is 27.9. The van der Waals surface area contributed by atoms with Crippen LogP contribution in [0, 0.1) is 6.42 Å². The lowest BCUT2D eigenvalue weighted by molar-refractivity contribution is -0.332. The topological polar surface area (TPSA) is 23.1 Å². The molecule has 0 heterocycles. The van der Waals surface area contributed by atoms with Crippen molar-refractivity contribution in [1.29, 1.82) is 0 Å². The molecule has 0 fully saturated rings. The molecule has 0 saturated carbocycles. The molecule has 2 unspecified atom stereocenters. The highest BCUT2D eigenvalue weighted by Gasteiger charge is 2.82. The molecule has 0 bridgehead atoms. The van der Waals surface area contributed by atoms with Crippen LogP contribution in [-0.4, -0.2) is 21.9 Å². The molecule has 0 aliphatic heterocycles. The summed E-state index contributed by atoms with van der Waals surface area (Å²) in [6.45, 7) is 0. The van der Waals surface area contributed by atoms with Crippen molar-refractivity contribution in [3.63, 3.8) is 0 Å². The Morgan fingerprint density at radius 1 is 0.824 bits per heavy atom. The monoisotopic (exact) mass is 671 g/mol. The maximum absolute atomic E-state index is 15.0. The molecule has 13 heteroatoms. The van der Waals surface area contributed by atoms with Crippen molar-refractivity contribution in [2.24, 2.45) is 0 Å². The van der Waals surface area contributed by atoms with Gasteiger partial charge >= 0.3 is 17.4 Å². The third-order valence-electron chi connectivity index (χ3n) is 4.88. The van der Waals surface area contributed by atoms with Crippen LogP contribution in [0.2, 0.25) is 10.0 Å². The fraction of sp³-hybridized carbons (Fsp3) is 0.190. The van der Waals surface area contributed by atoms with Gasteiger partial charge in [0.25, 0.3) is 0 Å². The minimum atomic E-state index is -6.69. The van der Waals surface area contributed by atoms with Crippen LogP contribution in [0.4, 0.5) is 30.7 Å². The van der Waals surface area contributed by atoms with Gasteiger partial charge in [0.05, 0.1) is 0 Å². The molecular formula is C21H10Br2Cl2F7OS. The fourth-order valence-corrected chi connectivity index (χ4v) is 7.65. The van der Waals surface area contributed by atoms with E-state index >= 15 is 8.78 Å². The highest BCUT2D eigenvalue weighted by Crippen LogP contribution is 2.61. The van der Waals surface area contributed by atoms with E-state index in [1.54, 1.807) is 0 Å². The third-order valence-corrected chi connectivity index (χ3v) is 8.47. The van der Waals surface area contributed by atoms with Gasteiger partial charge in [-0.05, 0) is 18.2 Å². The van der Waals surface area contributed by atoms with Crippen LogP contribution in [0.15, 0.2) is 63.6 Å². The molecule has 1 aliphatic rings. The van der Waals surface area contributed by atoms with Gasteiger partial charge in [0.15, 0.2) is 0 Å². The van der Waals surface area contributed by atoms with E-state index in [2.05, 4.69) is 31.9 Å². The van der Waals surface area contributed by atoms with Gasteiger partial charge in [-0.1, -0.05) is 91.5 Å². The Morgan fingerprint density at radius 2 is 1.35 bits per heavy atom. The van der Waals surface area contributed by atoms with E-state index in [-0.39, 0.29) is 30.1 Å². The van der Waals surface area contributed by atoms with Crippen LogP contribution in [0.5, 0.6) is 0 Å². The minimum absolute atomic E-state index is 0.0328. The van der Waals surface area contributed by atoms with Gasteiger partial charge in [-0.15, -0.1) is 8.78 Å². The number of rotatable bonds is 5. The van der Waals surface area contributed by atoms with Gasteiger partial charge in [-0.25, -0.2) is 0 Å². The van der Waals surface area contributed by atoms with Crippen molar-refractivity contribution in [2.75, 3.05) is 0 Å². The summed E-state index contributed by atoms with van der Waals surface area (Å²) in [4.78, 5) is 0. The Morgan fingerprint density at radius 3 is 1.88 bits per heavy atom. The summed E-state index contributed by atoms with van der Waals surface area (Å²) < 4.78 is 108. The van der Waals surface area contributed by atoms with E-state index in [0.717, 1.165) is 12.1 Å². The van der Waals surface area contributed by atoms with Gasteiger partial charge in [-0.2, -0.15) is 22.0 Å². The molecule has 0 saturated heterocycles. The molecule has 1 aliphatic carbocycles. The van der Waals surface area contributed by atoms with E-state index in [9.17, 15) is 26.5 Å². The number of alkyl halides is 7. The normalized spacial score (nSPS) is 20.9. The number of hydrogen-bond donors (Lipinski definition) is 0. The molecule has 0 N–H and O–H groups in total. The van der Waals surface area contributed by atoms with Gasteiger partial charge in [-0.3, -0.25) is 0 Å². The molecule has 1 nitrogen and oxygen atoms in total. The lowest BCUT2D eigenvalue weighted by Gasteiger charge is -2.42. The molecule has 2 aromatic carbocycles. The van der Waals surface area contributed by atoms with E-state index in [1.807, 2.05) is 0 Å².